The van der Waals surface area contributed by atoms with Crippen molar-refractivity contribution in [2.45, 2.75) is 32.9 Å². The van der Waals surface area contributed by atoms with Crippen LogP contribution in [0.3, 0.4) is 0 Å². The number of methoxy groups -OCH3 is 1. The van der Waals surface area contributed by atoms with Gasteiger partial charge in [0.2, 0.25) is 0 Å². The molecule has 1 rings (SSSR count). The number of benzene rings is 1. The Morgan fingerprint density at radius 3 is 2.17 bits per heavy atom. The number of carbonyl (C=O) groups is 1. The van der Waals surface area contributed by atoms with E-state index in [9.17, 15) is 9.90 Å². The Bertz CT molecular complexity index is 406. The van der Waals surface area contributed by atoms with Gasteiger partial charge in [0.1, 0.15) is 0 Å². The van der Waals surface area contributed by atoms with Crippen LogP contribution in [0.1, 0.15) is 42.7 Å². The lowest BCUT2D eigenvalue weighted by Gasteiger charge is -2.31. The van der Waals surface area contributed by atoms with E-state index in [4.69, 9.17) is 5.73 Å². The van der Waals surface area contributed by atoms with E-state index in [0.29, 0.717) is 5.56 Å². The largest absolute Gasteiger partial charge is 0.465 e. The third kappa shape index (κ3) is 3.31. The van der Waals surface area contributed by atoms with E-state index in [-0.39, 0.29) is 11.4 Å². The third-order valence-electron chi connectivity index (χ3n) is 2.94. The number of rotatable bonds is 3. The molecule has 0 saturated carbocycles. The molecule has 100 valence electrons. The first-order valence-corrected chi connectivity index (χ1v) is 5.89. The summed E-state index contributed by atoms with van der Waals surface area (Å²) >= 11 is 0. The molecule has 0 heterocycles. The Balaban J connectivity index is 2.89. The van der Waals surface area contributed by atoms with Crippen LogP contribution in [-0.2, 0) is 4.74 Å². The van der Waals surface area contributed by atoms with Crippen molar-refractivity contribution in [3.63, 3.8) is 0 Å². The first kappa shape index (κ1) is 14.7. The Morgan fingerprint density at radius 1 is 1.28 bits per heavy atom. The molecule has 2 atom stereocenters. The summed E-state index contributed by atoms with van der Waals surface area (Å²) in [7, 11) is 1.34. The summed E-state index contributed by atoms with van der Waals surface area (Å²) in [6.45, 7) is 5.79. The second kappa shape index (κ2) is 5.50. The van der Waals surface area contributed by atoms with E-state index in [0.717, 1.165) is 5.56 Å². The highest BCUT2D eigenvalue weighted by atomic mass is 16.5. The number of hydrogen-bond acceptors (Lipinski definition) is 4. The Kier molecular flexibility index (Phi) is 4.48. The van der Waals surface area contributed by atoms with Gasteiger partial charge in [0, 0.05) is 0 Å². The van der Waals surface area contributed by atoms with E-state index in [1.54, 1.807) is 24.3 Å². The van der Waals surface area contributed by atoms with Crippen LogP contribution in [0.25, 0.3) is 0 Å². The minimum Gasteiger partial charge on any atom is -0.465 e. The lowest BCUT2D eigenvalue weighted by molar-refractivity contribution is 0.0401. The van der Waals surface area contributed by atoms with Crippen LogP contribution < -0.4 is 5.73 Å². The fourth-order valence-corrected chi connectivity index (χ4v) is 1.68. The summed E-state index contributed by atoms with van der Waals surface area (Å²) in [6, 6.07) is 6.31. The average Bonchev–Trinajstić information content (AvgIpc) is 2.35. The molecule has 0 bridgehead atoms. The normalized spacial score (nSPS) is 15.0. The smallest absolute Gasteiger partial charge is 0.337 e. The fourth-order valence-electron chi connectivity index (χ4n) is 1.68. The van der Waals surface area contributed by atoms with Crippen LogP contribution in [0.4, 0.5) is 0 Å². The van der Waals surface area contributed by atoms with E-state index in [2.05, 4.69) is 4.74 Å². The molecule has 0 amide bonds. The Hall–Kier alpha value is -1.39. The van der Waals surface area contributed by atoms with Gasteiger partial charge in [-0.05, 0) is 23.1 Å². The van der Waals surface area contributed by atoms with E-state index >= 15 is 0 Å². The number of ether oxygens (including phenoxy) is 1. The highest BCUT2D eigenvalue weighted by Crippen LogP contribution is 2.28. The molecule has 0 spiro atoms. The zero-order chi connectivity index (χ0) is 13.9. The van der Waals surface area contributed by atoms with Crippen molar-refractivity contribution < 1.29 is 14.6 Å². The molecule has 18 heavy (non-hydrogen) atoms. The molecule has 0 aliphatic heterocycles. The summed E-state index contributed by atoms with van der Waals surface area (Å²) in [6.07, 6.45) is -0.651. The first-order chi connectivity index (χ1) is 8.27. The summed E-state index contributed by atoms with van der Waals surface area (Å²) in [5.41, 5.74) is 6.99. The number of hydrogen-bond donors (Lipinski definition) is 2. The fraction of sp³-hybridized carbons (Fsp3) is 0.500. The van der Waals surface area contributed by atoms with E-state index in [1.807, 2.05) is 20.8 Å². The molecule has 0 unspecified atom stereocenters. The molecule has 0 aromatic heterocycles. The number of carbonyl (C=O) groups excluding carboxylic acids is 1. The van der Waals surface area contributed by atoms with Crippen LogP contribution in [0.5, 0.6) is 0 Å². The van der Waals surface area contributed by atoms with Crippen molar-refractivity contribution in [1.82, 2.24) is 0 Å². The summed E-state index contributed by atoms with van der Waals surface area (Å²) in [5.74, 6) is -0.383. The van der Waals surface area contributed by atoms with Crippen molar-refractivity contribution in [3.8, 4) is 0 Å². The van der Waals surface area contributed by atoms with Crippen molar-refractivity contribution in [2.75, 3.05) is 7.11 Å². The predicted octanol–water partition coefficient (Wildman–Crippen LogP) is 1.88. The monoisotopic (exact) mass is 251 g/mol. The molecule has 0 aliphatic carbocycles. The van der Waals surface area contributed by atoms with Gasteiger partial charge in [-0.2, -0.15) is 0 Å². The summed E-state index contributed by atoms with van der Waals surface area (Å²) < 4.78 is 4.62. The molecule has 0 radical (unpaired) electrons. The first-order valence-electron chi connectivity index (χ1n) is 5.89. The minimum absolute atomic E-state index is 0.291. The third-order valence-corrected chi connectivity index (χ3v) is 2.94. The van der Waals surface area contributed by atoms with Crippen molar-refractivity contribution in [3.05, 3.63) is 35.4 Å². The van der Waals surface area contributed by atoms with Gasteiger partial charge < -0.3 is 15.6 Å². The zero-order valence-electron chi connectivity index (χ0n) is 11.3. The van der Waals surface area contributed by atoms with Gasteiger partial charge >= 0.3 is 5.97 Å². The predicted molar refractivity (Wildman–Crippen MR) is 70.2 cm³/mol. The quantitative estimate of drug-likeness (QED) is 0.804. The maximum Gasteiger partial charge on any atom is 0.337 e. The highest BCUT2D eigenvalue weighted by Gasteiger charge is 2.29. The number of esters is 1. The molecule has 0 aliphatic rings. The molecule has 1 aromatic carbocycles. The second-order valence-electron chi connectivity index (χ2n) is 5.45. The van der Waals surface area contributed by atoms with Gasteiger partial charge in [0.05, 0.1) is 24.8 Å². The summed E-state index contributed by atoms with van der Waals surface area (Å²) in [4.78, 5) is 11.3. The van der Waals surface area contributed by atoms with Crippen LogP contribution >= 0.6 is 0 Å². The molecule has 1 aromatic rings. The van der Waals surface area contributed by atoms with E-state index in [1.165, 1.54) is 7.11 Å². The number of aliphatic hydroxyl groups excluding tert-OH is 1. The molecule has 0 fully saturated rings. The maximum atomic E-state index is 11.3. The highest BCUT2D eigenvalue weighted by molar-refractivity contribution is 5.89. The molecular weight excluding hydrogens is 230 g/mol. The van der Waals surface area contributed by atoms with Gasteiger partial charge in [-0.15, -0.1) is 0 Å². The number of aliphatic hydroxyl groups is 1. The van der Waals surface area contributed by atoms with Gasteiger partial charge in [-0.25, -0.2) is 4.79 Å². The standard InChI is InChI=1S/C14H21NO3/c1-14(2,3)12(16)11(15)9-5-7-10(8-6-9)13(17)18-4/h5-8,11-12,16H,15H2,1-4H3/t11-,12-/m1/s1. The van der Waals surface area contributed by atoms with Gasteiger partial charge in [-0.1, -0.05) is 32.9 Å². The Labute approximate surface area is 108 Å². The van der Waals surface area contributed by atoms with E-state index < -0.39 is 12.1 Å². The van der Waals surface area contributed by atoms with Crippen LogP contribution in [0.15, 0.2) is 24.3 Å². The molecule has 4 heteroatoms. The zero-order valence-corrected chi connectivity index (χ0v) is 11.3. The summed E-state index contributed by atoms with van der Waals surface area (Å²) in [5, 5.41) is 10.1. The molecule has 3 N–H and O–H groups in total. The van der Waals surface area contributed by atoms with Crippen molar-refractivity contribution in [1.29, 1.82) is 0 Å². The second-order valence-corrected chi connectivity index (χ2v) is 5.45. The van der Waals surface area contributed by atoms with Gasteiger partial charge in [0.25, 0.3) is 0 Å². The van der Waals surface area contributed by atoms with Crippen LogP contribution in [0.2, 0.25) is 0 Å². The lowest BCUT2D eigenvalue weighted by atomic mass is 9.82. The average molecular weight is 251 g/mol. The molecule has 4 nitrogen and oxygen atoms in total. The lowest BCUT2D eigenvalue weighted by Crippen LogP contribution is -2.36. The molecule has 0 saturated heterocycles. The van der Waals surface area contributed by atoms with Gasteiger partial charge in [0.15, 0.2) is 0 Å². The van der Waals surface area contributed by atoms with Crippen LogP contribution in [0, 0.1) is 5.41 Å². The maximum absolute atomic E-state index is 11.3. The number of nitrogens with two attached hydrogens (primary N) is 1. The van der Waals surface area contributed by atoms with Crippen LogP contribution in [-0.4, -0.2) is 24.3 Å². The SMILES string of the molecule is COC(=O)c1ccc([C@@H](N)[C@@H](O)C(C)(C)C)cc1. The molecular formula is C14H21NO3. The Morgan fingerprint density at radius 2 is 1.78 bits per heavy atom. The van der Waals surface area contributed by atoms with Gasteiger partial charge in [-0.3, -0.25) is 0 Å². The minimum atomic E-state index is -0.651. The van der Waals surface area contributed by atoms with Crippen molar-refractivity contribution in [2.24, 2.45) is 11.1 Å². The topological polar surface area (TPSA) is 72.5 Å². The van der Waals surface area contributed by atoms with Crippen molar-refractivity contribution >= 4 is 5.97 Å².